The lowest BCUT2D eigenvalue weighted by Crippen LogP contribution is -2.50. The summed E-state index contributed by atoms with van der Waals surface area (Å²) >= 11 is 1.43. The normalized spacial score (nSPS) is 15.7. The van der Waals surface area contributed by atoms with Gasteiger partial charge >= 0.3 is 6.18 Å². The zero-order chi connectivity index (χ0) is 24.0. The summed E-state index contributed by atoms with van der Waals surface area (Å²) in [6.45, 7) is 4.51. The second-order valence-electron chi connectivity index (χ2n) is 7.66. The van der Waals surface area contributed by atoms with Crippen LogP contribution in [0.5, 0.6) is 0 Å². The van der Waals surface area contributed by atoms with Crippen LogP contribution in [0.2, 0.25) is 0 Å². The molecule has 0 atom stereocenters. The number of aryl methyl sites for hydroxylation is 2. The second-order valence-corrected chi connectivity index (χ2v) is 11.0. The number of rotatable bonds is 4. The van der Waals surface area contributed by atoms with Gasteiger partial charge in [-0.1, -0.05) is 0 Å². The third-order valence-corrected chi connectivity index (χ3v) is 8.52. The quantitative estimate of drug-likeness (QED) is 0.550. The number of aromatic nitrogens is 2. The molecule has 1 aliphatic rings. The summed E-state index contributed by atoms with van der Waals surface area (Å²) in [6.07, 6.45) is -3.33. The van der Waals surface area contributed by atoms with Gasteiger partial charge in [-0.2, -0.15) is 22.6 Å². The van der Waals surface area contributed by atoms with Crippen molar-refractivity contribution < 1.29 is 26.4 Å². The maximum atomic E-state index is 13.0. The van der Waals surface area contributed by atoms with Crippen LogP contribution >= 0.6 is 11.3 Å². The molecule has 1 saturated heterocycles. The van der Waals surface area contributed by atoms with Gasteiger partial charge in [0, 0.05) is 47.7 Å². The average molecular weight is 499 g/mol. The van der Waals surface area contributed by atoms with Gasteiger partial charge in [-0.3, -0.25) is 4.79 Å². The molecule has 0 aliphatic carbocycles. The van der Waals surface area contributed by atoms with Crippen molar-refractivity contribution in [2.45, 2.75) is 24.9 Å². The number of hydrogen-bond donors (Lipinski definition) is 0. The Kier molecular flexibility index (Phi) is 6.10. The molecular weight excluding hydrogens is 477 g/mol. The highest BCUT2D eigenvalue weighted by Gasteiger charge is 2.34. The molecule has 0 unspecified atom stereocenters. The van der Waals surface area contributed by atoms with Crippen LogP contribution in [0.3, 0.4) is 0 Å². The molecule has 0 N–H and O–H groups in total. The molecule has 1 aliphatic heterocycles. The maximum absolute atomic E-state index is 13.0. The first-order valence-corrected chi connectivity index (χ1v) is 12.3. The minimum absolute atomic E-state index is 0.188. The number of carbonyl (C=O) groups is 1. The largest absolute Gasteiger partial charge is 0.435 e. The van der Waals surface area contributed by atoms with Crippen molar-refractivity contribution >= 4 is 27.3 Å². The van der Waals surface area contributed by atoms with Gasteiger partial charge < -0.3 is 4.90 Å². The Balaban J connectivity index is 1.42. The monoisotopic (exact) mass is 498 g/mol. The molecule has 33 heavy (non-hydrogen) atoms. The Hall–Kier alpha value is -2.70. The number of benzene rings is 1. The van der Waals surface area contributed by atoms with Crippen molar-refractivity contribution in [3.8, 4) is 5.69 Å². The van der Waals surface area contributed by atoms with E-state index in [4.69, 9.17) is 0 Å². The fourth-order valence-corrected chi connectivity index (χ4v) is 6.64. The molecular formula is C21H21F3N4O3S2. The average Bonchev–Trinajstić information content (AvgIpc) is 3.40. The Bertz CT molecular complexity index is 1270. The highest BCUT2D eigenvalue weighted by Crippen LogP contribution is 2.29. The van der Waals surface area contributed by atoms with Gasteiger partial charge in [0.15, 0.2) is 5.69 Å². The van der Waals surface area contributed by atoms with Crippen LogP contribution in [0.25, 0.3) is 5.69 Å². The predicted octanol–water partition coefficient (Wildman–Crippen LogP) is 3.72. The molecule has 0 bridgehead atoms. The standard InChI is InChI=1S/C21H21F3N4O3S2/c1-14-13-18(15(2)32-14)33(30,31)27-11-9-26(10-12-27)20(29)16-3-5-17(6-4-16)28-8-7-19(25-28)21(22,23)24/h3-8,13H,9-12H2,1-2H3. The fourth-order valence-electron chi connectivity index (χ4n) is 3.69. The molecule has 3 aromatic rings. The van der Waals surface area contributed by atoms with E-state index in [0.29, 0.717) is 16.1 Å². The topological polar surface area (TPSA) is 75.5 Å². The zero-order valence-corrected chi connectivity index (χ0v) is 19.5. The molecule has 1 fully saturated rings. The summed E-state index contributed by atoms with van der Waals surface area (Å²) < 4.78 is 66.6. The second kappa shape index (κ2) is 8.58. The highest BCUT2D eigenvalue weighted by molar-refractivity contribution is 7.89. The van der Waals surface area contributed by atoms with Gasteiger partial charge in [-0.15, -0.1) is 11.3 Å². The lowest BCUT2D eigenvalue weighted by molar-refractivity contribution is -0.141. The molecule has 1 amide bonds. The van der Waals surface area contributed by atoms with Crippen molar-refractivity contribution in [2.75, 3.05) is 26.2 Å². The van der Waals surface area contributed by atoms with E-state index in [1.807, 2.05) is 6.92 Å². The number of amides is 1. The van der Waals surface area contributed by atoms with Gasteiger partial charge in [0.05, 0.1) is 10.6 Å². The number of piperazine rings is 1. The van der Waals surface area contributed by atoms with E-state index in [2.05, 4.69) is 5.10 Å². The van der Waals surface area contributed by atoms with Crippen LogP contribution in [0.1, 0.15) is 25.8 Å². The van der Waals surface area contributed by atoms with E-state index in [0.717, 1.165) is 20.5 Å². The molecule has 0 saturated carbocycles. The third-order valence-electron chi connectivity index (χ3n) is 5.40. The van der Waals surface area contributed by atoms with Crippen LogP contribution in [-0.2, 0) is 16.2 Å². The molecule has 176 valence electrons. The molecule has 3 heterocycles. The van der Waals surface area contributed by atoms with Crippen molar-refractivity contribution in [3.63, 3.8) is 0 Å². The summed E-state index contributed by atoms with van der Waals surface area (Å²) in [5.41, 5.74) is -0.245. The summed E-state index contributed by atoms with van der Waals surface area (Å²) in [7, 11) is -3.61. The summed E-state index contributed by atoms with van der Waals surface area (Å²) in [4.78, 5) is 16.4. The lowest BCUT2D eigenvalue weighted by Gasteiger charge is -2.34. The predicted molar refractivity (Wildman–Crippen MR) is 117 cm³/mol. The van der Waals surface area contributed by atoms with Crippen molar-refractivity contribution in [1.82, 2.24) is 19.0 Å². The van der Waals surface area contributed by atoms with E-state index >= 15 is 0 Å². The molecule has 1 aromatic carbocycles. The van der Waals surface area contributed by atoms with Gasteiger partial charge in [0.2, 0.25) is 10.0 Å². The van der Waals surface area contributed by atoms with Crippen LogP contribution in [0.15, 0.2) is 47.5 Å². The SMILES string of the molecule is Cc1cc(S(=O)(=O)N2CCN(C(=O)c3ccc(-n4ccc(C(F)(F)F)n4)cc3)CC2)c(C)s1. The minimum atomic E-state index is -4.53. The minimum Gasteiger partial charge on any atom is -0.336 e. The maximum Gasteiger partial charge on any atom is 0.435 e. The van der Waals surface area contributed by atoms with E-state index in [1.165, 1.54) is 46.1 Å². The van der Waals surface area contributed by atoms with E-state index < -0.39 is 21.9 Å². The number of alkyl halides is 3. The molecule has 7 nitrogen and oxygen atoms in total. The number of nitrogens with zero attached hydrogens (tertiary/aromatic N) is 4. The summed E-state index contributed by atoms with van der Waals surface area (Å²) in [6, 6.07) is 8.63. The third kappa shape index (κ3) is 4.68. The molecule has 0 radical (unpaired) electrons. The Morgan fingerprint density at radius 1 is 1.03 bits per heavy atom. The number of thiophene rings is 1. The molecule has 4 rings (SSSR count). The Labute approximate surface area is 193 Å². The van der Waals surface area contributed by atoms with Gasteiger partial charge in [-0.05, 0) is 50.2 Å². The van der Waals surface area contributed by atoms with Crippen molar-refractivity contribution in [3.05, 3.63) is 63.6 Å². The van der Waals surface area contributed by atoms with E-state index in [-0.39, 0.29) is 32.1 Å². The van der Waals surface area contributed by atoms with Crippen LogP contribution < -0.4 is 0 Å². The summed E-state index contributed by atoms with van der Waals surface area (Å²) in [5, 5.41) is 3.51. The van der Waals surface area contributed by atoms with Crippen LogP contribution in [-0.4, -0.2) is 59.5 Å². The Morgan fingerprint density at radius 3 is 2.18 bits per heavy atom. The van der Waals surface area contributed by atoms with Crippen LogP contribution in [0, 0.1) is 13.8 Å². The fraction of sp³-hybridized carbons (Fsp3) is 0.333. The van der Waals surface area contributed by atoms with E-state index in [9.17, 15) is 26.4 Å². The smallest absolute Gasteiger partial charge is 0.336 e. The number of sulfonamides is 1. The molecule has 2 aromatic heterocycles. The number of carbonyl (C=O) groups excluding carboxylic acids is 1. The number of hydrogen-bond acceptors (Lipinski definition) is 5. The van der Waals surface area contributed by atoms with Gasteiger partial charge in [-0.25, -0.2) is 13.1 Å². The van der Waals surface area contributed by atoms with Crippen molar-refractivity contribution in [1.29, 1.82) is 0 Å². The summed E-state index contributed by atoms with van der Waals surface area (Å²) in [5.74, 6) is -0.266. The first-order chi connectivity index (χ1) is 15.5. The van der Waals surface area contributed by atoms with E-state index in [1.54, 1.807) is 17.9 Å². The lowest BCUT2D eigenvalue weighted by atomic mass is 10.1. The molecule has 12 heteroatoms. The highest BCUT2D eigenvalue weighted by atomic mass is 32.2. The molecule has 0 spiro atoms. The number of halogens is 3. The van der Waals surface area contributed by atoms with Crippen LogP contribution in [0.4, 0.5) is 13.2 Å². The van der Waals surface area contributed by atoms with Gasteiger partial charge in [0.1, 0.15) is 0 Å². The first kappa shape index (κ1) is 23.5. The first-order valence-electron chi connectivity index (χ1n) is 10.1. The van der Waals surface area contributed by atoms with Gasteiger partial charge in [0.25, 0.3) is 5.91 Å². The van der Waals surface area contributed by atoms with Crippen molar-refractivity contribution in [2.24, 2.45) is 0 Å². The Morgan fingerprint density at radius 2 is 1.67 bits per heavy atom. The zero-order valence-electron chi connectivity index (χ0n) is 17.8.